The summed E-state index contributed by atoms with van der Waals surface area (Å²) in [5, 5.41) is 0. The van der Waals surface area contributed by atoms with Crippen LogP contribution in [0.25, 0.3) is 0 Å². The number of carbonyl (C=O) groups excluding carboxylic acids is 3. The molecule has 6 heteroatoms. The van der Waals surface area contributed by atoms with Crippen LogP contribution >= 0.6 is 0 Å². The van der Waals surface area contributed by atoms with Crippen LogP contribution in [0.5, 0.6) is 0 Å². The van der Waals surface area contributed by atoms with E-state index >= 15 is 0 Å². The maximum atomic E-state index is 12.9. The van der Waals surface area contributed by atoms with Crippen LogP contribution in [0.1, 0.15) is 303 Å². The average molecular weight is 966 g/mol. The van der Waals surface area contributed by atoms with Crippen molar-refractivity contribution in [3.63, 3.8) is 0 Å². The Morgan fingerprint density at radius 1 is 0.290 bits per heavy atom. The molecule has 0 rings (SSSR count). The molecule has 0 saturated heterocycles. The second-order valence-corrected chi connectivity index (χ2v) is 19.9. The number of esters is 3. The van der Waals surface area contributed by atoms with E-state index in [4.69, 9.17) is 14.2 Å². The van der Waals surface area contributed by atoms with Gasteiger partial charge in [-0.05, 0) is 109 Å². The van der Waals surface area contributed by atoms with E-state index in [1.165, 1.54) is 186 Å². The molecule has 0 aromatic rings. The van der Waals surface area contributed by atoms with Crippen molar-refractivity contribution in [2.24, 2.45) is 0 Å². The molecule has 0 fully saturated rings. The molecule has 0 spiro atoms. The van der Waals surface area contributed by atoms with Crippen LogP contribution in [0.3, 0.4) is 0 Å². The third-order valence-electron chi connectivity index (χ3n) is 13.0. The fourth-order valence-corrected chi connectivity index (χ4v) is 8.44. The molecule has 0 amide bonds. The first-order valence-electron chi connectivity index (χ1n) is 29.8. The van der Waals surface area contributed by atoms with Crippen LogP contribution in [-0.2, 0) is 28.6 Å². The van der Waals surface area contributed by atoms with Gasteiger partial charge in [-0.1, -0.05) is 236 Å². The third-order valence-corrected chi connectivity index (χ3v) is 13.0. The molecule has 0 aromatic carbocycles. The van der Waals surface area contributed by atoms with Crippen LogP contribution in [0.4, 0.5) is 0 Å². The van der Waals surface area contributed by atoms with Crippen LogP contribution in [-0.4, -0.2) is 37.2 Å². The van der Waals surface area contributed by atoms with Gasteiger partial charge < -0.3 is 14.2 Å². The summed E-state index contributed by atoms with van der Waals surface area (Å²) >= 11 is 0. The van der Waals surface area contributed by atoms with Gasteiger partial charge in [-0.25, -0.2) is 0 Å². The quantitative estimate of drug-likeness (QED) is 0.0262. The Labute approximate surface area is 428 Å². The zero-order chi connectivity index (χ0) is 50.0. The van der Waals surface area contributed by atoms with Gasteiger partial charge in [0.15, 0.2) is 6.10 Å². The highest BCUT2D eigenvalue weighted by atomic mass is 16.6. The number of rotatable bonds is 54. The number of hydrogen-bond acceptors (Lipinski definition) is 6. The van der Waals surface area contributed by atoms with Gasteiger partial charge in [0.05, 0.1) is 0 Å². The number of hydrogen-bond donors (Lipinski definition) is 0. The Bertz CT molecular complexity index is 1250. The lowest BCUT2D eigenvalue weighted by Crippen LogP contribution is -2.30. The summed E-state index contributed by atoms with van der Waals surface area (Å²) in [6, 6.07) is 0. The third kappa shape index (κ3) is 55.9. The number of allylic oxidation sites excluding steroid dienone is 10. The van der Waals surface area contributed by atoms with E-state index in [9.17, 15) is 14.4 Å². The standard InChI is InChI=1S/C63H112O6/c1-4-7-10-13-16-19-22-25-27-29-31-33-35-38-41-44-47-50-53-56-62(65)68-59-60(58-67-61(64)55-52-49-46-43-40-37-24-21-18-15-12-9-6-3)69-63(66)57-54-51-48-45-42-39-36-34-32-30-28-26-23-20-17-14-11-8-5-2/h16-17,19-21,24-28,60H,4-15,18,22-23,29-59H2,1-3H3/b19-16-,20-17-,24-21-,27-25-,28-26-/t60-/m0/s1. The van der Waals surface area contributed by atoms with Crippen molar-refractivity contribution in [3.05, 3.63) is 60.8 Å². The zero-order valence-corrected chi connectivity index (χ0v) is 45.8. The Morgan fingerprint density at radius 3 is 0.841 bits per heavy atom. The molecule has 1 atom stereocenters. The van der Waals surface area contributed by atoms with E-state index in [2.05, 4.69) is 81.5 Å². The van der Waals surface area contributed by atoms with E-state index in [1.54, 1.807) is 0 Å². The lowest BCUT2D eigenvalue weighted by molar-refractivity contribution is -0.167. The van der Waals surface area contributed by atoms with Crippen molar-refractivity contribution in [1.29, 1.82) is 0 Å². The van der Waals surface area contributed by atoms with Crippen molar-refractivity contribution in [3.8, 4) is 0 Å². The van der Waals surface area contributed by atoms with Crippen LogP contribution in [0, 0.1) is 0 Å². The average Bonchev–Trinajstić information content (AvgIpc) is 3.35. The topological polar surface area (TPSA) is 78.9 Å². The molecule has 0 unspecified atom stereocenters. The molecular weight excluding hydrogens is 853 g/mol. The van der Waals surface area contributed by atoms with Crippen LogP contribution in [0.15, 0.2) is 60.8 Å². The van der Waals surface area contributed by atoms with Crippen LogP contribution < -0.4 is 0 Å². The van der Waals surface area contributed by atoms with E-state index < -0.39 is 6.10 Å². The van der Waals surface area contributed by atoms with Crippen molar-refractivity contribution >= 4 is 17.9 Å². The monoisotopic (exact) mass is 965 g/mol. The molecule has 0 N–H and O–H groups in total. The molecule has 6 nitrogen and oxygen atoms in total. The Morgan fingerprint density at radius 2 is 0.522 bits per heavy atom. The Hall–Kier alpha value is -2.89. The molecule has 0 heterocycles. The lowest BCUT2D eigenvalue weighted by atomic mass is 10.1. The smallest absolute Gasteiger partial charge is 0.306 e. The molecule has 0 bridgehead atoms. The number of ether oxygens (including phenoxy) is 3. The summed E-state index contributed by atoms with van der Waals surface area (Å²) in [4.78, 5) is 38.2. The molecule has 0 saturated carbocycles. The summed E-state index contributed by atoms with van der Waals surface area (Å²) in [7, 11) is 0. The molecular formula is C63H112O6. The predicted molar refractivity (Wildman–Crippen MR) is 298 cm³/mol. The van der Waals surface area contributed by atoms with Gasteiger partial charge in [0.2, 0.25) is 0 Å². The van der Waals surface area contributed by atoms with Gasteiger partial charge in [0.1, 0.15) is 13.2 Å². The van der Waals surface area contributed by atoms with Crippen molar-refractivity contribution in [1.82, 2.24) is 0 Å². The first-order valence-corrected chi connectivity index (χ1v) is 29.8. The summed E-state index contributed by atoms with van der Waals surface area (Å²) in [5.41, 5.74) is 0. The van der Waals surface area contributed by atoms with Gasteiger partial charge in [-0.15, -0.1) is 0 Å². The fourth-order valence-electron chi connectivity index (χ4n) is 8.44. The van der Waals surface area contributed by atoms with E-state index in [1.807, 2.05) is 0 Å². The number of unbranched alkanes of at least 4 members (excludes halogenated alkanes) is 33. The highest BCUT2D eigenvalue weighted by Crippen LogP contribution is 2.16. The minimum absolute atomic E-state index is 0.0795. The molecule has 0 aromatic heterocycles. The van der Waals surface area contributed by atoms with Gasteiger partial charge in [-0.3, -0.25) is 14.4 Å². The summed E-state index contributed by atoms with van der Waals surface area (Å²) in [6.45, 7) is 6.59. The zero-order valence-electron chi connectivity index (χ0n) is 45.8. The molecule has 69 heavy (non-hydrogen) atoms. The molecule has 0 aliphatic heterocycles. The Kier molecular flexibility index (Phi) is 55.3. The summed E-state index contributed by atoms with van der Waals surface area (Å²) in [5.74, 6) is -0.884. The van der Waals surface area contributed by atoms with Gasteiger partial charge in [0, 0.05) is 19.3 Å². The van der Waals surface area contributed by atoms with Gasteiger partial charge in [0.25, 0.3) is 0 Å². The minimum Gasteiger partial charge on any atom is -0.462 e. The van der Waals surface area contributed by atoms with Crippen molar-refractivity contribution in [2.75, 3.05) is 13.2 Å². The largest absolute Gasteiger partial charge is 0.462 e. The second-order valence-electron chi connectivity index (χ2n) is 19.9. The van der Waals surface area contributed by atoms with Gasteiger partial charge in [-0.2, -0.15) is 0 Å². The molecule has 0 aliphatic rings. The van der Waals surface area contributed by atoms with E-state index in [0.717, 1.165) is 77.0 Å². The molecule has 0 aliphatic carbocycles. The SMILES string of the molecule is CCCCC/C=C\C/C=C\CCCCCCCCCCCC(=O)OC[C@H](COC(=O)CCCCCCC/C=C\CCCCCC)OC(=O)CCCCCCCCCCC/C=C\C/C=C\CCCCC. The van der Waals surface area contributed by atoms with Crippen LogP contribution in [0.2, 0.25) is 0 Å². The summed E-state index contributed by atoms with van der Waals surface area (Å²) in [6.07, 6.45) is 72.1. The number of carbonyl (C=O) groups is 3. The highest BCUT2D eigenvalue weighted by molar-refractivity contribution is 5.71. The maximum Gasteiger partial charge on any atom is 0.306 e. The maximum absolute atomic E-state index is 12.9. The fraction of sp³-hybridized carbons (Fsp3) is 0.794. The Balaban J connectivity index is 4.36. The predicted octanol–water partition coefficient (Wildman–Crippen LogP) is 20.0. The van der Waals surface area contributed by atoms with Gasteiger partial charge >= 0.3 is 17.9 Å². The normalized spacial score (nSPS) is 12.4. The molecule has 400 valence electrons. The second kappa shape index (κ2) is 57.7. The van der Waals surface area contributed by atoms with E-state index in [-0.39, 0.29) is 31.1 Å². The van der Waals surface area contributed by atoms with Crippen molar-refractivity contribution < 1.29 is 28.6 Å². The minimum atomic E-state index is -0.781. The van der Waals surface area contributed by atoms with E-state index in [0.29, 0.717) is 19.3 Å². The lowest BCUT2D eigenvalue weighted by Gasteiger charge is -2.18. The summed E-state index contributed by atoms with van der Waals surface area (Å²) < 4.78 is 16.9. The first kappa shape index (κ1) is 66.1. The highest BCUT2D eigenvalue weighted by Gasteiger charge is 2.19. The molecule has 0 radical (unpaired) electrons. The van der Waals surface area contributed by atoms with Crippen molar-refractivity contribution in [2.45, 2.75) is 309 Å². The first-order chi connectivity index (χ1) is 34.0.